The van der Waals surface area contributed by atoms with Crippen molar-refractivity contribution in [2.45, 2.75) is 50.6 Å². The quantitative estimate of drug-likeness (QED) is 0.396. The number of aromatic nitrogens is 2. The summed E-state index contributed by atoms with van der Waals surface area (Å²) in [6, 6.07) is 14.2. The van der Waals surface area contributed by atoms with Crippen LogP contribution in [0.15, 0.2) is 41.6 Å². The number of carbonyl (C=O) groups excluding carboxylic acids is 1. The van der Waals surface area contributed by atoms with Gasteiger partial charge in [-0.3, -0.25) is 4.79 Å². The number of rotatable bonds is 5. The summed E-state index contributed by atoms with van der Waals surface area (Å²) in [7, 11) is 0. The minimum atomic E-state index is -0.137. The van der Waals surface area contributed by atoms with Crippen molar-refractivity contribution in [3.8, 4) is 17.3 Å². The second-order valence-corrected chi connectivity index (χ2v) is 9.66. The molecular formula is C24H24N4OS2. The number of nitriles is 1. The number of thiophene rings is 1. The third-order valence-electron chi connectivity index (χ3n) is 5.27. The molecule has 2 aromatic heterocycles. The van der Waals surface area contributed by atoms with Crippen molar-refractivity contribution in [2.75, 3.05) is 11.1 Å². The second kappa shape index (κ2) is 10.1. The SMILES string of the molecule is Cc1cc(-c2ccccc2)nc(SCC(=O)Nc2sc3c(c2C#N)CCCCCC3)n1. The molecule has 0 spiro atoms. The lowest BCUT2D eigenvalue weighted by Gasteiger charge is -2.08. The fourth-order valence-electron chi connectivity index (χ4n) is 3.78. The van der Waals surface area contributed by atoms with E-state index < -0.39 is 0 Å². The average molecular weight is 449 g/mol. The molecule has 0 fully saturated rings. The molecule has 1 aliphatic carbocycles. The van der Waals surface area contributed by atoms with Gasteiger partial charge in [-0.25, -0.2) is 9.97 Å². The predicted octanol–water partition coefficient (Wildman–Crippen LogP) is 5.78. The number of benzene rings is 1. The van der Waals surface area contributed by atoms with Gasteiger partial charge in [0.15, 0.2) is 5.16 Å². The second-order valence-electron chi connectivity index (χ2n) is 7.61. The Balaban J connectivity index is 1.45. The number of amides is 1. The maximum absolute atomic E-state index is 12.7. The summed E-state index contributed by atoms with van der Waals surface area (Å²) >= 11 is 2.88. The van der Waals surface area contributed by atoms with Gasteiger partial charge in [0.25, 0.3) is 0 Å². The van der Waals surface area contributed by atoms with E-state index in [0.717, 1.165) is 48.2 Å². The molecule has 1 aromatic carbocycles. The molecule has 7 heteroatoms. The third kappa shape index (κ3) is 5.33. The zero-order chi connectivity index (χ0) is 21.6. The van der Waals surface area contributed by atoms with Crippen molar-refractivity contribution in [3.05, 3.63) is 58.1 Å². The van der Waals surface area contributed by atoms with Gasteiger partial charge in [0.1, 0.15) is 11.1 Å². The average Bonchev–Trinajstić information content (AvgIpc) is 3.07. The number of hydrogen-bond donors (Lipinski definition) is 1. The van der Waals surface area contributed by atoms with Gasteiger partial charge in [-0.1, -0.05) is 54.9 Å². The van der Waals surface area contributed by atoms with Crippen LogP contribution in [-0.2, 0) is 17.6 Å². The molecule has 0 atom stereocenters. The van der Waals surface area contributed by atoms with Crippen LogP contribution in [0.3, 0.4) is 0 Å². The van der Waals surface area contributed by atoms with Crippen LogP contribution in [0.5, 0.6) is 0 Å². The molecule has 1 aliphatic rings. The van der Waals surface area contributed by atoms with Gasteiger partial charge in [-0.15, -0.1) is 11.3 Å². The first-order chi connectivity index (χ1) is 15.1. The Labute approximate surface area is 190 Å². The minimum absolute atomic E-state index is 0.137. The molecule has 158 valence electrons. The van der Waals surface area contributed by atoms with Crippen molar-refractivity contribution in [1.82, 2.24) is 9.97 Å². The Hall–Kier alpha value is -2.69. The Morgan fingerprint density at radius 1 is 1.16 bits per heavy atom. The van der Waals surface area contributed by atoms with Crippen molar-refractivity contribution in [2.24, 2.45) is 0 Å². The van der Waals surface area contributed by atoms with Gasteiger partial charge >= 0.3 is 0 Å². The number of carbonyl (C=O) groups is 1. The van der Waals surface area contributed by atoms with E-state index in [9.17, 15) is 10.1 Å². The molecule has 0 unspecified atom stereocenters. The predicted molar refractivity (Wildman–Crippen MR) is 126 cm³/mol. The van der Waals surface area contributed by atoms with Crippen LogP contribution < -0.4 is 5.32 Å². The lowest BCUT2D eigenvalue weighted by Crippen LogP contribution is -2.14. The smallest absolute Gasteiger partial charge is 0.235 e. The van der Waals surface area contributed by atoms with E-state index in [1.165, 1.54) is 29.5 Å². The van der Waals surface area contributed by atoms with Crippen LogP contribution in [0.4, 0.5) is 5.00 Å². The van der Waals surface area contributed by atoms with Crippen LogP contribution >= 0.6 is 23.1 Å². The van der Waals surface area contributed by atoms with Crippen LogP contribution in [0.25, 0.3) is 11.3 Å². The Morgan fingerprint density at radius 2 is 1.94 bits per heavy atom. The van der Waals surface area contributed by atoms with Gasteiger partial charge in [0, 0.05) is 16.1 Å². The molecule has 4 rings (SSSR count). The van der Waals surface area contributed by atoms with Gasteiger partial charge in [0.05, 0.1) is 17.0 Å². The van der Waals surface area contributed by atoms with E-state index in [0.29, 0.717) is 15.7 Å². The highest BCUT2D eigenvalue weighted by molar-refractivity contribution is 7.99. The molecule has 1 amide bonds. The number of fused-ring (bicyclic) bond motifs is 1. The molecule has 0 aliphatic heterocycles. The molecule has 31 heavy (non-hydrogen) atoms. The van der Waals surface area contributed by atoms with E-state index in [1.54, 1.807) is 11.3 Å². The number of nitrogens with zero attached hydrogens (tertiary/aromatic N) is 3. The monoisotopic (exact) mass is 448 g/mol. The van der Waals surface area contributed by atoms with E-state index >= 15 is 0 Å². The number of aryl methyl sites for hydroxylation is 2. The van der Waals surface area contributed by atoms with E-state index in [2.05, 4.69) is 21.4 Å². The lowest BCUT2D eigenvalue weighted by molar-refractivity contribution is -0.113. The zero-order valence-corrected chi connectivity index (χ0v) is 19.1. The number of anilines is 1. The normalized spacial score (nSPS) is 13.5. The maximum Gasteiger partial charge on any atom is 0.235 e. The Bertz CT molecular complexity index is 1120. The Morgan fingerprint density at radius 3 is 2.71 bits per heavy atom. The van der Waals surface area contributed by atoms with Gasteiger partial charge in [0.2, 0.25) is 5.91 Å². The molecule has 0 saturated heterocycles. The van der Waals surface area contributed by atoms with Crippen LogP contribution in [-0.4, -0.2) is 21.6 Å². The summed E-state index contributed by atoms with van der Waals surface area (Å²) in [5.41, 5.74) is 4.53. The summed E-state index contributed by atoms with van der Waals surface area (Å²) in [5, 5.41) is 13.9. The first kappa shape index (κ1) is 21.5. The van der Waals surface area contributed by atoms with E-state index in [1.807, 2.05) is 43.3 Å². The fourth-order valence-corrected chi connectivity index (χ4v) is 5.74. The molecule has 5 nitrogen and oxygen atoms in total. The fraction of sp³-hybridized carbons (Fsp3) is 0.333. The molecule has 2 heterocycles. The van der Waals surface area contributed by atoms with Crippen molar-refractivity contribution in [3.63, 3.8) is 0 Å². The number of thioether (sulfide) groups is 1. The standard InChI is InChI=1S/C24H24N4OS2/c1-16-13-20(17-9-5-4-6-10-17)27-24(26-16)30-15-22(29)28-23-19(14-25)18-11-7-2-3-8-12-21(18)31-23/h4-6,9-10,13H,2-3,7-8,11-12,15H2,1H3,(H,28,29). The molecule has 0 saturated carbocycles. The summed E-state index contributed by atoms with van der Waals surface area (Å²) in [6.07, 6.45) is 6.63. The lowest BCUT2D eigenvalue weighted by atomic mass is 9.97. The van der Waals surface area contributed by atoms with Crippen LogP contribution in [0.1, 0.15) is 47.4 Å². The topological polar surface area (TPSA) is 78.7 Å². The molecule has 1 N–H and O–H groups in total. The van der Waals surface area contributed by atoms with Gasteiger partial charge < -0.3 is 5.32 Å². The first-order valence-corrected chi connectivity index (χ1v) is 12.3. The minimum Gasteiger partial charge on any atom is -0.316 e. The Kier molecular flexibility index (Phi) is 7.00. The number of nitrogens with one attached hydrogen (secondary N) is 1. The molecule has 0 radical (unpaired) electrons. The molecule has 0 bridgehead atoms. The van der Waals surface area contributed by atoms with Crippen LogP contribution in [0, 0.1) is 18.3 Å². The van der Waals surface area contributed by atoms with Crippen molar-refractivity contribution >= 4 is 34.0 Å². The third-order valence-corrected chi connectivity index (χ3v) is 7.33. The van der Waals surface area contributed by atoms with E-state index in [4.69, 9.17) is 0 Å². The van der Waals surface area contributed by atoms with Crippen molar-refractivity contribution in [1.29, 1.82) is 5.26 Å². The summed E-state index contributed by atoms with van der Waals surface area (Å²) < 4.78 is 0. The summed E-state index contributed by atoms with van der Waals surface area (Å²) in [4.78, 5) is 23.0. The number of hydrogen-bond acceptors (Lipinski definition) is 6. The zero-order valence-electron chi connectivity index (χ0n) is 17.5. The van der Waals surface area contributed by atoms with Crippen molar-refractivity contribution < 1.29 is 4.79 Å². The highest BCUT2D eigenvalue weighted by Crippen LogP contribution is 2.36. The summed E-state index contributed by atoms with van der Waals surface area (Å²) in [5.74, 6) is 0.0626. The van der Waals surface area contributed by atoms with Crippen LogP contribution in [0.2, 0.25) is 0 Å². The van der Waals surface area contributed by atoms with E-state index in [-0.39, 0.29) is 11.7 Å². The maximum atomic E-state index is 12.7. The first-order valence-electron chi connectivity index (χ1n) is 10.5. The molecule has 3 aromatic rings. The molecular weight excluding hydrogens is 424 g/mol. The van der Waals surface area contributed by atoms with Gasteiger partial charge in [-0.2, -0.15) is 5.26 Å². The largest absolute Gasteiger partial charge is 0.316 e. The highest BCUT2D eigenvalue weighted by atomic mass is 32.2. The summed E-state index contributed by atoms with van der Waals surface area (Å²) in [6.45, 7) is 1.93. The van der Waals surface area contributed by atoms with Gasteiger partial charge in [-0.05, 0) is 44.2 Å². The highest BCUT2D eigenvalue weighted by Gasteiger charge is 2.20.